The maximum atomic E-state index is 7.75. The summed E-state index contributed by atoms with van der Waals surface area (Å²) in [5.74, 6) is 0. The number of hydrogen-bond donors (Lipinski definition) is 0. The largest absolute Gasteiger partial charge is 2.00 e. The number of carbonyl (C=O) groups excluding carboxylic acids is 2. The van der Waals surface area contributed by atoms with Crippen molar-refractivity contribution in [2.75, 3.05) is 0 Å². The molecule has 0 atom stereocenters. The van der Waals surface area contributed by atoms with Crippen LogP contribution in [0.2, 0.25) is 0 Å². The third kappa shape index (κ3) is 3.49. The smallest absolute Gasteiger partial charge is 0.545 e. The van der Waals surface area contributed by atoms with Gasteiger partial charge in [-0.25, -0.2) is 0 Å². The molecule has 4 nitrogen and oxygen atoms in total. The van der Waals surface area contributed by atoms with E-state index < -0.39 is 0 Å². The average molecular weight is 483 g/mol. The molecule has 0 saturated carbocycles. The third-order valence-corrected chi connectivity index (χ3v) is 3.33. The quantitative estimate of drug-likeness (QED) is 0.219. The van der Waals surface area contributed by atoms with E-state index in [1.165, 1.54) is 5.39 Å². The second-order valence-corrected chi connectivity index (χ2v) is 4.38. The van der Waals surface area contributed by atoms with Gasteiger partial charge in [0.05, 0.1) is 11.0 Å². The van der Waals surface area contributed by atoms with E-state index in [9.17, 15) is 0 Å². The van der Waals surface area contributed by atoms with Crippen molar-refractivity contribution in [3.8, 4) is 0 Å². The summed E-state index contributed by atoms with van der Waals surface area (Å²) in [6.07, 6.45) is 3.67. The maximum Gasteiger partial charge on any atom is 2.00 e. The number of benzene rings is 2. The predicted octanol–water partition coefficient (Wildman–Crippen LogP) is 3.39. The van der Waals surface area contributed by atoms with Gasteiger partial charge in [-0.05, 0) is 17.5 Å². The molecule has 0 spiro atoms. The Balaban J connectivity index is 0.000000494. The van der Waals surface area contributed by atoms with Gasteiger partial charge < -0.3 is 9.59 Å². The van der Waals surface area contributed by atoms with Crippen LogP contribution < -0.4 is 0 Å². The van der Waals surface area contributed by atoms with Gasteiger partial charge in [-0.1, -0.05) is 36.4 Å². The first-order valence-electron chi connectivity index (χ1n) is 6.42. The molecule has 0 amide bonds. The van der Waals surface area contributed by atoms with Gasteiger partial charge in [0.1, 0.15) is 0 Å². The fourth-order valence-electron chi connectivity index (χ4n) is 2.49. The molecule has 2 heterocycles. The SMILES string of the molecule is [CH-]=O.[CH-]=O.[Pt+2].c1cnc2c(c1)ccc1ccc3cccnc3c12. The summed E-state index contributed by atoms with van der Waals surface area (Å²) in [6.45, 7) is 6.50. The van der Waals surface area contributed by atoms with Crippen LogP contribution in [0, 0.1) is 0 Å². The molecule has 2 aromatic carbocycles. The normalized spacial score (nSPS) is 9.22. The Labute approximate surface area is 147 Å². The Bertz CT molecular complexity index is 856. The van der Waals surface area contributed by atoms with E-state index in [0.29, 0.717) is 0 Å². The first-order valence-corrected chi connectivity index (χ1v) is 6.42. The van der Waals surface area contributed by atoms with Crippen LogP contribution in [-0.2, 0) is 30.7 Å². The minimum Gasteiger partial charge on any atom is -0.545 e. The van der Waals surface area contributed by atoms with E-state index in [4.69, 9.17) is 9.59 Å². The standard InChI is InChI=1S/C16H10N2.2CHO.Pt/c1-3-12-7-5-11-6-8-13-4-2-10-18-16(13)14(11)15(12)17-9-1;2*1-2;/h1-10H;2*1H;/q;2*-1;+2. The van der Waals surface area contributed by atoms with Gasteiger partial charge in [0.25, 0.3) is 0 Å². The molecule has 0 radical (unpaired) electrons. The topological polar surface area (TPSA) is 59.9 Å². The number of fused-ring (bicyclic) bond motifs is 5. The van der Waals surface area contributed by atoms with Crippen LogP contribution in [0.1, 0.15) is 0 Å². The molecule has 0 aliphatic carbocycles. The summed E-state index contributed by atoms with van der Waals surface area (Å²) in [6, 6.07) is 16.6. The van der Waals surface area contributed by atoms with Gasteiger partial charge in [-0.15, -0.1) is 0 Å². The summed E-state index contributed by atoms with van der Waals surface area (Å²) in [4.78, 5) is 24.5. The zero-order valence-corrected chi connectivity index (χ0v) is 14.2. The summed E-state index contributed by atoms with van der Waals surface area (Å²) in [7, 11) is 0. The molecule has 0 saturated heterocycles. The van der Waals surface area contributed by atoms with Crippen LogP contribution in [0.3, 0.4) is 0 Å². The van der Waals surface area contributed by atoms with E-state index in [2.05, 4.69) is 59.9 Å². The van der Waals surface area contributed by atoms with Crippen molar-refractivity contribution in [1.29, 1.82) is 0 Å². The molecule has 116 valence electrons. The predicted molar refractivity (Wildman–Crippen MR) is 88.1 cm³/mol. The van der Waals surface area contributed by atoms with Gasteiger partial charge in [0, 0.05) is 28.6 Å². The summed E-state index contributed by atoms with van der Waals surface area (Å²) in [5, 5.41) is 4.64. The fraction of sp³-hybridized carbons (Fsp3) is 0. The third-order valence-electron chi connectivity index (χ3n) is 3.33. The number of rotatable bonds is 0. The van der Waals surface area contributed by atoms with Crippen molar-refractivity contribution in [2.24, 2.45) is 0 Å². The van der Waals surface area contributed by atoms with E-state index >= 15 is 0 Å². The molecule has 23 heavy (non-hydrogen) atoms. The van der Waals surface area contributed by atoms with Crippen molar-refractivity contribution in [3.63, 3.8) is 0 Å². The van der Waals surface area contributed by atoms with E-state index in [1.807, 2.05) is 24.5 Å². The molecule has 0 unspecified atom stereocenters. The molecule has 4 rings (SSSR count). The van der Waals surface area contributed by atoms with Crippen molar-refractivity contribution >= 4 is 46.2 Å². The number of pyridine rings is 2. The Kier molecular flexibility index (Phi) is 7.17. The molecular weight excluding hydrogens is 471 g/mol. The average Bonchev–Trinajstić information content (AvgIpc) is 2.64. The van der Waals surface area contributed by atoms with E-state index in [0.717, 1.165) is 27.2 Å². The molecule has 2 aromatic heterocycles. The summed E-state index contributed by atoms with van der Waals surface area (Å²) >= 11 is 0. The van der Waals surface area contributed by atoms with Gasteiger partial charge in [-0.2, -0.15) is 0 Å². The van der Waals surface area contributed by atoms with Crippen LogP contribution in [0.25, 0.3) is 32.6 Å². The molecule has 0 fully saturated rings. The van der Waals surface area contributed by atoms with E-state index in [-0.39, 0.29) is 21.1 Å². The second kappa shape index (κ2) is 8.86. The van der Waals surface area contributed by atoms with Gasteiger partial charge in [0.15, 0.2) is 0 Å². The minimum atomic E-state index is 0. The van der Waals surface area contributed by atoms with Crippen molar-refractivity contribution in [3.05, 3.63) is 60.9 Å². The molecule has 4 aromatic rings. The van der Waals surface area contributed by atoms with Gasteiger partial charge in [-0.3, -0.25) is 23.5 Å². The van der Waals surface area contributed by atoms with Crippen LogP contribution in [0.5, 0.6) is 0 Å². The van der Waals surface area contributed by atoms with Crippen LogP contribution in [0.15, 0.2) is 60.9 Å². The fourth-order valence-corrected chi connectivity index (χ4v) is 2.49. The monoisotopic (exact) mass is 483 g/mol. The summed E-state index contributed by atoms with van der Waals surface area (Å²) in [5.41, 5.74) is 2.05. The molecule has 0 aliphatic rings. The minimum absolute atomic E-state index is 0. The number of nitrogens with zero attached hydrogens (tertiary/aromatic N) is 2. The Morgan fingerprint density at radius 2 is 1.00 bits per heavy atom. The molecule has 0 aliphatic heterocycles. The molecule has 0 N–H and O–H groups in total. The number of hydrogen-bond acceptors (Lipinski definition) is 4. The number of aromatic nitrogens is 2. The van der Waals surface area contributed by atoms with Crippen LogP contribution in [0.4, 0.5) is 0 Å². The van der Waals surface area contributed by atoms with Gasteiger partial charge in [0.2, 0.25) is 0 Å². The Morgan fingerprint density at radius 3 is 1.43 bits per heavy atom. The summed E-state index contributed by atoms with van der Waals surface area (Å²) < 4.78 is 0. The first kappa shape index (κ1) is 18.6. The van der Waals surface area contributed by atoms with Gasteiger partial charge >= 0.3 is 21.1 Å². The first-order chi connectivity index (χ1) is 10.9. The van der Waals surface area contributed by atoms with Crippen LogP contribution >= 0.6 is 0 Å². The second-order valence-electron chi connectivity index (χ2n) is 4.38. The Morgan fingerprint density at radius 1 is 0.609 bits per heavy atom. The zero-order chi connectivity index (χ0) is 15.9. The molecule has 5 heteroatoms. The van der Waals surface area contributed by atoms with Crippen LogP contribution in [-0.4, -0.2) is 23.5 Å². The van der Waals surface area contributed by atoms with Crippen molar-refractivity contribution < 1.29 is 30.7 Å². The van der Waals surface area contributed by atoms with Crippen molar-refractivity contribution in [2.45, 2.75) is 0 Å². The zero-order valence-electron chi connectivity index (χ0n) is 12.0. The maximum absolute atomic E-state index is 7.75. The molecular formula is C18H12N2O2Pt. The van der Waals surface area contributed by atoms with E-state index in [1.54, 1.807) is 0 Å². The Hall–Kier alpha value is -2.45. The molecule has 0 bridgehead atoms. The van der Waals surface area contributed by atoms with Crippen molar-refractivity contribution in [1.82, 2.24) is 9.97 Å².